The third-order valence-corrected chi connectivity index (χ3v) is 2.03. The molecule has 2 nitrogen and oxygen atoms in total. The average molecular weight is 212 g/mol. The van der Waals surface area contributed by atoms with Crippen LogP contribution in [-0.2, 0) is 5.88 Å². The molecule has 0 spiro atoms. The molecule has 0 N–H and O–H groups in total. The van der Waals surface area contributed by atoms with E-state index < -0.39 is 0 Å². The zero-order valence-corrected chi connectivity index (χ0v) is 7.96. The van der Waals surface area contributed by atoms with Gasteiger partial charge in [-0.1, -0.05) is 6.07 Å². The molecule has 14 heavy (non-hydrogen) atoms. The van der Waals surface area contributed by atoms with Crippen molar-refractivity contribution < 1.29 is 8.81 Å². The number of aromatic nitrogens is 1. The molecule has 0 saturated carbocycles. The van der Waals surface area contributed by atoms with E-state index in [1.165, 1.54) is 18.4 Å². The van der Waals surface area contributed by atoms with Crippen molar-refractivity contribution in [3.8, 4) is 11.5 Å². The Kier molecular flexibility index (Phi) is 2.50. The van der Waals surface area contributed by atoms with E-state index in [0.29, 0.717) is 23.0 Å². The van der Waals surface area contributed by atoms with E-state index in [-0.39, 0.29) is 5.82 Å². The number of hydrogen-bond acceptors (Lipinski definition) is 2. The molecule has 0 aliphatic carbocycles. The first kappa shape index (κ1) is 9.21. The van der Waals surface area contributed by atoms with Gasteiger partial charge in [0.05, 0.1) is 11.6 Å². The molecular formula is C10H7ClFNO. The summed E-state index contributed by atoms with van der Waals surface area (Å²) in [5.74, 6) is 0.368. The molecule has 2 rings (SSSR count). The summed E-state index contributed by atoms with van der Waals surface area (Å²) in [5, 5.41) is 0. The highest BCUT2D eigenvalue weighted by Crippen LogP contribution is 2.19. The minimum Gasteiger partial charge on any atom is -0.444 e. The van der Waals surface area contributed by atoms with Crippen LogP contribution >= 0.6 is 11.6 Å². The number of nitrogens with zero attached hydrogens (tertiary/aromatic N) is 1. The number of rotatable bonds is 2. The van der Waals surface area contributed by atoms with Crippen molar-refractivity contribution in [2.75, 3.05) is 0 Å². The van der Waals surface area contributed by atoms with Gasteiger partial charge in [-0.3, -0.25) is 0 Å². The lowest BCUT2D eigenvalue weighted by atomic mass is 10.2. The van der Waals surface area contributed by atoms with Crippen LogP contribution in [0.5, 0.6) is 0 Å². The van der Waals surface area contributed by atoms with E-state index >= 15 is 0 Å². The van der Waals surface area contributed by atoms with Crippen LogP contribution in [0, 0.1) is 5.82 Å². The molecule has 1 aromatic carbocycles. The van der Waals surface area contributed by atoms with Crippen LogP contribution < -0.4 is 0 Å². The van der Waals surface area contributed by atoms with Gasteiger partial charge >= 0.3 is 0 Å². The number of benzene rings is 1. The topological polar surface area (TPSA) is 26.0 Å². The van der Waals surface area contributed by atoms with Gasteiger partial charge in [-0.2, -0.15) is 0 Å². The molecule has 0 aliphatic heterocycles. The second kappa shape index (κ2) is 3.80. The lowest BCUT2D eigenvalue weighted by molar-refractivity contribution is 0.571. The summed E-state index contributed by atoms with van der Waals surface area (Å²) in [5.41, 5.74) is 1.26. The van der Waals surface area contributed by atoms with E-state index in [1.54, 1.807) is 12.1 Å². The normalized spacial score (nSPS) is 10.4. The Labute approximate surface area is 85.3 Å². The summed E-state index contributed by atoms with van der Waals surface area (Å²) in [4.78, 5) is 4.07. The van der Waals surface area contributed by atoms with E-state index in [2.05, 4.69) is 4.98 Å². The molecule has 4 heteroatoms. The Hall–Kier alpha value is -1.35. The number of oxazole rings is 1. The number of halogens is 2. The van der Waals surface area contributed by atoms with Crippen LogP contribution in [0.25, 0.3) is 11.5 Å². The summed E-state index contributed by atoms with van der Waals surface area (Å²) >= 11 is 5.56. The second-order valence-electron chi connectivity index (χ2n) is 2.79. The Morgan fingerprint density at radius 3 is 2.93 bits per heavy atom. The molecule has 0 atom stereocenters. The van der Waals surface area contributed by atoms with Gasteiger partial charge in [0, 0.05) is 5.56 Å². The monoisotopic (exact) mass is 211 g/mol. The van der Waals surface area contributed by atoms with Crippen molar-refractivity contribution in [3.05, 3.63) is 42.0 Å². The summed E-state index contributed by atoms with van der Waals surface area (Å²) < 4.78 is 18.0. The van der Waals surface area contributed by atoms with Crippen LogP contribution in [0.3, 0.4) is 0 Å². The van der Waals surface area contributed by atoms with Crippen molar-refractivity contribution in [1.29, 1.82) is 0 Å². The lowest BCUT2D eigenvalue weighted by Gasteiger charge is -1.93. The van der Waals surface area contributed by atoms with Gasteiger partial charge in [-0.25, -0.2) is 9.37 Å². The molecule has 0 aliphatic rings. The van der Waals surface area contributed by atoms with Gasteiger partial charge in [0.25, 0.3) is 0 Å². The molecule has 1 heterocycles. The molecule has 72 valence electrons. The highest BCUT2D eigenvalue weighted by Gasteiger charge is 2.06. The first-order chi connectivity index (χ1) is 6.79. The van der Waals surface area contributed by atoms with Crippen molar-refractivity contribution in [3.63, 3.8) is 0 Å². The molecule has 0 radical (unpaired) electrons. The predicted octanol–water partition coefficient (Wildman–Crippen LogP) is 3.22. The van der Waals surface area contributed by atoms with Gasteiger partial charge in [0.15, 0.2) is 0 Å². The van der Waals surface area contributed by atoms with Gasteiger partial charge < -0.3 is 4.42 Å². The smallest absolute Gasteiger partial charge is 0.226 e. The van der Waals surface area contributed by atoms with Gasteiger partial charge in [0.1, 0.15) is 12.1 Å². The van der Waals surface area contributed by atoms with E-state index in [4.69, 9.17) is 16.0 Å². The van der Waals surface area contributed by atoms with Crippen LogP contribution in [0.1, 0.15) is 5.69 Å². The van der Waals surface area contributed by atoms with E-state index in [0.717, 1.165) is 0 Å². The lowest BCUT2D eigenvalue weighted by Crippen LogP contribution is -1.81. The van der Waals surface area contributed by atoms with Crippen LogP contribution in [0.2, 0.25) is 0 Å². The summed E-state index contributed by atoms with van der Waals surface area (Å²) in [6.45, 7) is 0. The number of hydrogen-bond donors (Lipinski definition) is 0. The quantitative estimate of drug-likeness (QED) is 0.713. The first-order valence-corrected chi connectivity index (χ1v) is 4.59. The molecule has 0 amide bonds. The van der Waals surface area contributed by atoms with E-state index in [9.17, 15) is 4.39 Å². The zero-order valence-electron chi connectivity index (χ0n) is 7.21. The highest BCUT2D eigenvalue weighted by atomic mass is 35.5. The second-order valence-corrected chi connectivity index (χ2v) is 3.06. The fraction of sp³-hybridized carbons (Fsp3) is 0.100. The van der Waals surface area contributed by atoms with Crippen molar-refractivity contribution in [1.82, 2.24) is 4.98 Å². The fourth-order valence-electron chi connectivity index (χ4n) is 1.12. The average Bonchev–Trinajstić information content (AvgIpc) is 2.66. The first-order valence-electron chi connectivity index (χ1n) is 4.06. The van der Waals surface area contributed by atoms with Crippen molar-refractivity contribution in [2.45, 2.75) is 5.88 Å². The maximum Gasteiger partial charge on any atom is 0.226 e. The fourth-order valence-corrected chi connectivity index (χ4v) is 1.25. The zero-order chi connectivity index (χ0) is 9.97. The molecule has 0 bridgehead atoms. The molecule has 2 aromatic rings. The van der Waals surface area contributed by atoms with Crippen LogP contribution in [0.15, 0.2) is 34.9 Å². The highest BCUT2D eigenvalue weighted by molar-refractivity contribution is 6.16. The maximum absolute atomic E-state index is 12.8. The Bertz CT molecular complexity index is 441. The molecular weight excluding hydrogens is 205 g/mol. The SMILES string of the molecule is Fc1cccc(-c2nc(CCl)co2)c1. The Morgan fingerprint density at radius 1 is 1.43 bits per heavy atom. The summed E-state index contributed by atoms with van der Waals surface area (Å²) in [6.07, 6.45) is 1.47. The van der Waals surface area contributed by atoms with E-state index in [1.807, 2.05) is 0 Å². The van der Waals surface area contributed by atoms with Gasteiger partial charge in [-0.15, -0.1) is 11.6 Å². The van der Waals surface area contributed by atoms with Gasteiger partial charge in [-0.05, 0) is 18.2 Å². The largest absolute Gasteiger partial charge is 0.444 e. The Morgan fingerprint density at radius 2 is 2.29 bits per heavy atom. The van der Waals surface area contributed by atoms with Crippen molar-refractivity contribution in [2.24, 2.45) is 0 Å². The predicted molar refractivity (Wildman–Crippen MR) is 51.5 cm³/mol. The maximum atomic E-state index is 12.8. The van der Waals surface area contributed by atoms with Crippen molar-refractivity contribution >= 4 is 11.6 Å². The van der Waals surface area contributed by atoms with Crippen LogP contribution in [0.4, 0.5) is 4.39 Å². The Balaban J connectivity index is 2.39. The minimum absolute atomic E-state index is 0.290. The molecule has 0 unspecified atom stereocenters. The minimum atomic E-state index is -0.312. The third kappa shape index (κ3) is 1.77. The molecule has 1 aromatic heterocycles. The molecule has 0 fully saturated rings. The third-order valence-electron chi connectivity index (χ3n) is 1.76. The summed E-state index contributed by atoms with van der Waals surface area (Å²) in [6, 6.07) is 6.07. The van der Waals surface area contributed by atoms with Crippen LogP contribution in [-0.4, -0.2) is 4.98 Å². The van der Waals surface area contributed by atoms with Gasteiger partial charge in [0.2, 0.25) is 5.89 Å². The number of alkyl halides is 1. The standard InChI is InChI=1S/C10H7ClFNO/c11-5-9-6-14-10(13-9)7-2-1-3-8(12)4-7/h1-4,6H,5H2. The summed E-state index contributed by atoms with van der Waals surface area (Å²) in [7, 11) is 0. The molecule has 0 saturated heterocycles.